The molecule has 5 nitrogen and oxygen atoms in total. The molecule has 1 aliphatic heterocycles. The maximum absolute atomic E-state index is 13.8. The molecule has 1 aromatic rings. The van der Waals surface area contributed by atoms with Crippen LogP contribution in [0.5, 0.6) is 0 Å². The fraction of sp³-hybridized carbons (Fsp3) is 0.500. The van der Waals surface area contributed by atoms with Gasteiger partial charge in [0.1, 0.15) is 16.5 Å². The van der Waals surface area contributed by atoms with Gasteiger partial charge in [0.05, 0.1) is 0 Å². The number of sulfonamides is 1. The van der Waals surface area contributed by atoms with Crippen molar-refractivity contribution in [3.8, 4) is 0 Å². The van der Waals surface area contributed by atoms with Crippen molar-refractivity contribution in [2.45, 2.75) is 18.2 Å². The fourth-order valence-corrected chi connectivity index (χ4v) is 4.07. The van der Waals surface area contributed by atoms with Crippen molar-refractivity contribution in [2.24, 2.45) is 0 Å². The molecule has 0 unspecified atom stereocenters. The zero-order valence-corrected chi connectivity index (χ0v) is 14.4. The smallest absolute Gasteiger partial charge is 0.246 e. The summed E-state index contributed by atoms with van der Waals surface area (Å²) in [6.07, 6.45) is 0.938. The molecule has 9 heteroatoms. The van der Waals surface area contributed by atoms with Crippen LogP contribution in [0.15, 0.2) is 23.1 Å². The zero-order valence-electron chi connectivity index (χ0n) is 12.8. The van der Waals surface area contributed by atoms with Crippen LogP contribution in [0.4, 0.5) is 8.78 Å². The second-order valence-corrected chi connectivity index (χ2v) is 7.49. The van der Waals surface area contributed by atoms with Gasteiger partial charge in [-0.3, -0.25) is 0 Å². The first-order valence-corrected chi connectivity index (χ1v) is 9.19. The molecule has 128 valence electrons. The SMILES string of the molecule is CCCNC(=S)N1CCN(S(=O)(=O)c2cc(F)ccc2F)CC1. The second kappa shape index (κ2) is 7.50. The number of piperazine rings is 1. The molecule has 2 rings (SSSR count). The Morgan fingerprint density at radius 1 is 1.26 bits per heavy atom. The highest BCUT2D eigenvalue weighted by molar-refractivity contribution is 7.89. The van der Waals surface area contributed by atoms with Crippen LogP contribution in [0.25, 0.3) is 0 Å². The molecular weight excluding hydrogens is 344 g/mol. The second-order valence-electron chi connectivity index (χ2n) is 5.20. The summed E-state index contributed by atoms with van der Waals surface area (Å²) in [5.74, 6) is -1.73. The molecule has 1 heterocycles. The number of hydrogen-bond donors (Lipinski definition) is 1. The molecule has 0 aliphatic carbocycles. The average Bonchev–Trinajstić information content (AvgIpc) is 2.54. The minimum Gasteiger partial charge on any atom is -0.363 e. The quantitative estimate of drug-likeness (QED) is 0.823. The number of benzene rings is 1. The van der Waals surface area contributed by atoms with E-state index in [-0.39, 0.29) is 13.1 Å². The topological polar surface area (TPSA) is 52.6 Å². The van der Waals surface area contributed by atoms with Gasteiger partial charge in [0, 0.05) is 32.7 Å². The van der Waals surface area contributed by atoms with Crippen molar-refractivity contribution in [1.29, 1.82) is 0 Å². The summed E-state index contributed by atoms with van der Waals surface area (Å²) in [5.41, 5.74) is 0. The number of thiocarbonyl (C=S) groups is 1. The lowest BCUT2D eigenvalue weighted by molar-refractivity contribution is 0.263. The number of nitrogens with one attached hydrogen (secondary N) is 1. The molecule has 1 fully saturated rings. The normalized spacial score (nSPS) is 16.4. The molecule has 0 amide bonds. The van der Waals surface area contributed by atoms with Crippen molar-refractivity contribution in [3.05, 3.63) is 29.8 Å². The van der Waals surface area contributed by atoms with Gasteiger partial charge in [-0.1, -0.05) is 6.92 Å². The molecule has 23 heavy (non-hydrogen) atoms. The molecule has 0 bridgehead atoms. The molecule has 0 radical (unpaired) electrons. The van der Waals surface area contributed by atoms with E-state index >= 15 is 0 Å². The molecule has 0 saturated carbocycles. The van der Waals surface area contributed by atoms with Crippen LogP contribution in [0.2, 0.25) is 0 Å². The van der Waals surface area contributed by atoms with E-state index in [1.807, 2.05) is 11.8 Å². The van der Waals surface area contributed by atoms with E-state index in [1.165, 1.54) is 0 Å². The van der Waals surface area contributed by atoms with Gasteiger partial charge in [-0.05, 0) is 36.8 Å². The Hall–Kier alpha value is -1.32. The first kappa shape index (κ1) is 18.0. The number of nitrogens with zero attached hydrogens (tertiary/aromatic N) is 2. The molecule has 1 N–H and O–H groups in total. The maximum atomic E-state index is 13.8. The Balaban J connectivity index is 2.07. The Morgan fingerprint density at radius 3 is 2.52 bits per heavy atom. The first-order valence-electron chi connectivity index (χ1n) is 7.34. The third-order valence-corrected chi connectivity index (χ3v) is 5.88. The Kier molecular flexibility index (Phi) is 5.88. The highest BCUT2D eigenvalue weighted by Gasteiger charge is 2.31. The van der Waals surface area contributed by atoms with Gasteiger partial charge < -0.3 is 10.2 Å². The fourth-order valence-electron chi connectivity index (χ4n) is 2.29. The van der Waals surface area contributed by atoms with E-state index in [4.69, 9.17) is 12.2 Å². The monoisotopic (exact) mass is 363 g/mol. The number of hydrogen-bond acceptors (Lipinski definition) is 3. The van der Waals surface area contributed by atoms with Crippen LogP contribution in [0.1, 0.15) is 13.3 Å². The summed E-state index contributed by atoms with van der Waals surface area (Å²) >= 11 is 5.24. The predicted molar refractivity (Wildman–Crippen MR) is 87.6 cm³/mol. The van der Waals surface area contributed by atoms with Gasteiger partial charge in [0.2, 0.25) is 10.0 Å². The third-order valence-electron chi connectivity index (χ3n) is 3.56. The minimum absolute atomic E-state index is 0.173. The first-order chi connectivity index (χ1) is 10.9. The van der Waals surface area contributed by atoms with Crippen LogP contribution < -0.4 is 5.32 Å². The maximum Gasteiger partial charge on any atom is 0.246 e. The molecule has 1 saturated heterocycles. The Morgan fingerprint density at radius 2 is 1.91 bits per heavy atom. The van der Waals surface area contributed by atoms with Crippen LogP contribution in [-0.2, 0) is 10.0 Å². The molecule has 0 atom stereocenters. The predicted octanol–water partition coefficient (Wildman–Crippen LogP) is 1.56. The summed E-state index contributed by atoms with van der Waals surface area (Å²) in [7, 11) is -4.05. The highest BCUT2D eigenvalue weighted by Crippen LogP contribution is 2.21. The average molecular weight is 363 g/mol. The van der Waals surface area contributed by atoms with Crippen molar-refractivity contribution in [2.75, 3.05) is 32.7 Å². The molecule has 1 aromatic carbocycles. The van der Waals surface area contributed by atoms with Gasteiger partial charge in [-0.25, -0.2) is 17.2 Å². The number of rotatable bonds is 4. The van der Waals surface area contributed by atoms with Crippen molar-refractivity contribution < 1.29 is 17.2 Å². The lowest BCUT2D eigenvalue weighted by atomic mass is 10.3. The van der Waals surface area contributed by atoms with Gasteiger partial charge in [-0.15, -0.1) is 0 Å². The molecule has 1 aliphatic rings. The van der Waals surface area contributed by atoms with Crippen molar-refractivity contribution >= 4 is 27.4 Å². The van der Waals surface area contributed by atoms with Gasteiger partial charge in [0.25, 0.3) is 0 Å². The van der Waals surface area contributed by atoms with E-state index in [1.54, 1.807) is 0 Å². The lowest BCUT2D eigenvalue weighted by Crippen LogP contribution is -2.53. The summed E-state index contributed by atoms with van der Waals surface area (Å²) in [4.78, 5) is 1.25. The van der Waals surface area contributed by atoms with E-state index in [0.29, 0.717) is 24.3 Å². The van der Waals surface area contributed by atoms with E-state index in [9.17, 15) is 17.2 Å². The number of halogens is 2. The molecular formula is C14H19F2N3O2S2. The zero-order chi connectivity index (χ0) is 17.0. The van der Waals surface area contributed by atoms with Gasteiger partial charge >= 0.3 is 0 Å². The summed E-state index contributed by atoms with van der Waals surface area (Å²) < 4.78 is 53.1. The van der Waals surface area contributed by atoms with Crippen molar-refractivity contribution in [1.82, 2.24) is 14.5 Å². The van der Waals surface area contributed by atoms with Crippen LogP contribution in [-0.4, -0.2) is 55.5 Å². The Bertz CT molecular complexity index is 675. The molecule has 0 aromatic heterocycles. The van der Waals surface area contributed by atoms with Crippen LogP contribution in [0.3, 0.4) is 0 Å². The minimum atomic E-state index is -4.05. The van der Waals surface area contributed by atoms with Gasteiger partial charge in [-0.2, -0.15) is 4.31 Å². The summed E-state index contributed by atoms with van der Waals surface area (Å²) in [6.45, 7) is 3.94. The van der Waals surface area contributed by atoms with E-state index in [2.05, 4.69) is 5.32 Å². The largest absolute Gasteiger partial charge is 0.363 e. The van der Waals surface area contributed by atoms with Gasteiger partial charge in [0.15, 0.2) is 5.11 Å². The van der Waals surface area contributed by atoms with E-state index < -0.39 is 26.6 Å². The van der Waals surface area contributed by atoms with Crippen LogP contribution in [0, 0.1) is 11.6 Å². The third kappa shape index (κ3) is 4.15. The standard InChI is InChI=1S/C14H19F2N3O2S2/c1-2-5-17-14(22)18-6-8-19(9-7-18)23(20,21)13-10-11(15)3-4-12(13)16/h3-4,10H,2,5-9H2,1H3,(H,17,22). The van der Waals surface area contributed by atoms with Crippen molar-refractivity contribution in [3.63, 3.8) is 0 Å². The lowest BCUT2D eigenvalue weighted by Gasteiger charge is -2.35. The highest BCUT2D eigenvalue weighted by atomic mass is 32.2. The van der Waals surface area contributed by atoms with E-state index in [0.717, 1.165) is 29.4 Å². The summed E-state index contributed by atoms with van der Waals surface area (Å²) in [6, 6.07) is 2.43. The molecule has 0 spiro atoms. The Labute approximate surface area is 140 Å². The summed E-state index contributed by atoms with van der Waals surface area (Å²) in [5, 5.41) is 3.67. The van der Waals surface area contributed by atoms with Crippen LogP contribution >= 0.6 is 12.2 Å².